The summed E-state index contributed by atoms with van der Waals surface area (Å²) in [5.74, 6) is -6.51. The number of carbonyl (C=O) groups is 6. The van der Waals surface area contributed by atoms with E-state index in [4.69, 9.17) is 21.1 Å². The second kappa shape index (κ2) is 14.9. The molecule has 0 unspecified atom stereocenters. The lowest BCUT2D eigenvalue weighted by Crippen LogP contribution is -2.54. The molecule has 4 N–H and O–H groups in total. The molecule has 0 heterocycles. The van der Waals surface area contributed by atoms with Crippen LogP contribution in [0.4, 0.5) is 5.69 Å². The molecule has 0 radical (unpaired) electrons. The van der Waals surface area contributed by atoms with Gasteiger partial charge in [-0.25, -0.2) is 14.4 Å². The van der Waals surface area contributed by atoms with Gasteiger partial charge in [0.2, 0.25) is 12.2 Å². The summed E-state index contributed by atoms with van der Waals surface area (Å²) in [6, 6.07) is 26.6. The number of aliphatic carboxylic acids is 1. The van der Waals surface area contributed by atoms with Crippen LogP contribution >= 0.6 is 11.6 Å². The highest BCUT2D eigenvalue weighted by atomic mass is 35.5. The highest BCUT2D eigenvalue weighted by Crippen LogP contribution is 2.15. The molecule has 0 saturated carbocycles. The molecule has 2 atom stereocenters. The van der Waals surface area contributed by atoms with Gasteiger partial charge >= 0.3 is 17.9 Å². The fraction of sp³-hybridized carbons (Fsp3) is 0.0625. The number of carbonyl (C=O) groups excluding carboxylic acids is 5. The zero-order valence-corrected chi connectivity index (χ0v) is 23.9. The summed E-state index contributed by atoms with van der Waals surface area (Å²) in [7, 11) is 0. The average Bonchev–Trinajstić information content (AvgIpc) is 3.06. The van der Waals surface area contributed by atoms with Gasteiger partial charge < -0.3 is 19.9 Å². The first-order chi connectivity index (χ1) is 21.6. The second-order valence-corrected chi connectivity index (χ2v) is 9.64. The average molecular weight is 630 g/mol. The molecule has 13 heteroatoms. The van der Waals surface area contributed by atoms with Crippen LogP contribution < -0.4 is 16.2 Å². The number of carboxylic acid groups (broad SMARTS) is 1. The topological polar surface area (TPSA) is 177 Å². The van der Waals surface area contributed by atoms with Crippen LogP contribution in [0.3, 0.4) is 0 Å². The molecule has 0 fully saturated rings. The summed E-state index contributed by atoms with van der Waals surface area (Å²) < 4.78 is 10.2. The number of hydrogen-bond donors (Lipinski definition) is 4. The van der Waals surface area contributed by atoms with Gasteiger partial charge in [0, 0.05) is 21.8 Å². The third-order valence-corrected chi connectivity index (χ3v) is 6.33. The third-order valence-electron chi connectivity index (χ3n) is 6.07. The highest BCUT2D eigenvalue weighted by Gasteiger charge is 2.41. The summed E-state index contributed by atoms with van der Waals surface area (Å²) in [5, 5.41) is 13.0. The van der Waals surface area contributed by atoms with Crippen LogP contribution in [0.1, 0.15) is 41.4 Å². The number of ether oxygens (including phenoxy) is 2. The Morgan fingerprint density at radius 3 is 1.53 bits per heavy atom. The Bertz CT molecular complexity index is 1700. The third kappa shape index (κ3) is 8.75. The first kappa shape index (κ1) is 31.9. The number of hydrazine groups is 1. The molecule has 0 bridgehead atoms. The monoisotopic (exact) mass is 629 g/mol. The number of halogens is 1. The Labute approximate surface area is 260 Å². The smallest absolute Gasteiger partial charge is 0.349 e. The van der Waals surface area contributed by atoms with Crippen LogP contribution in [0.5, 0.6) is 0 Å². The lowest BCUT2D eigenvalue weighted by Gasteiger charge is -2.23. The second-order valence-electron chi connectivity index (χ2n) is 9.20. The van der Waals surface area contributed by atoms with Crippen molar-refractivity contribution in [3.8, 4) is 0 Å². The van der Waals surface area contributed by atoms with Crippen molar-refractivity contribution in [2.24, 2.45) is 0 Å². The van der Waals surface area contributed by atoms with Crippen molar-refractivity contribution in [1.29, 1.82) is 0 Å². The molecular weight excluding hydrogens is 606 g/mol. The molecule has 0 saturated heterocycles. The van der Waals surface area contributed by atoms with Gasteiger partial charge in [0.1, 0.15) is 0 Å². The van der Waals surface area contributed by atoms with Gasteiger partial charge in [-0.15, -0.1) is 0 Å². The van der Waals surface area contributed by atoms with Gasteiger partial charge in [0.15, 0.2) is 0 Å². The van der Waals surface area contributed by atoms with E-state index in [1.54, 1.807) is 36.4 Å². The van der Waals surface area contributed by atoms with Gasteiger partial charge in [-0.2, -0.15) is 0 Å². The number of nitrogens with one attached hydrogen (secondary N) is 3. The molecule has 0 aliphatic rings. The number of carboxylic acids is 1. The number of benzene rings is 4. The first-order valence-corrected chi connectivity index (χ1v) is 13.5. The van der Waals surface area contributed by atoms with Crippen molar-refractivity contribution >= 4 is 52.9 Å². The molecule has 0 spiro atoms. The van der Waals surface area contributed by atoms with E-state index >= 15 is 0 Å². The number of hydrogen-bond acceptors (Lipinski definition) is 8. The SMILES string of the molecule is O=C(NNC(=O)[C@@H](OC(=O)c1ccccc1)[C@H](OC(=O)c1ccccc1)C(=O)O)c1ccc(NC(=O)c2ccc(Cl)cc2)cc1. The van der Waals surface area contributed by atoms with Crippen molar-refractivity contribution in [2.75, 3.05) is 5.32 Å². The fourth-order valence-electron chi connectivity index (χ4n) is 3.78. The van der Waals surface area contributed by atoms with E-state index in [1.807, 2.05) is 5.43 Å². The Morgan fingerprint density at radius 2 is 1.02 bits per heavy atom. The molecule has 4 aromatic carbocycles. The Morgan fingerprint density at radius 1 is 0.556 bits per heavy atom. The maximum Gasteiger partial charge on any atom is 0.349 e. The minimum Gasteiger partial charge on any atom is -0.478 e. The lowest BCUT2D eigenvalue weighted by molar-refractivity contribution is -0.159. The predicted molar refractivity (Wildman–Crippen MR) is 160 cm³/mol. The van der Waals surface area contributed by atoms with E-state index < -0.39 is 47.8 Å². The summed E-state index contributed by atoms with van der Waals surface area (Å²) in [6.07, 6.45) is -4.50. The maximum atomic E-state index is 13.1. The Kier molecular flexibility index (Phi) is 10.6. The molecule has 0 aliphatic carbocycles. The molecule has 0 aliphatic heterocycles. The molecule has 4 rings (SSSR count). The Balaban J connectivity index is 1.45. The summed E-state index contributed by atoms with van der Waals surface area (Å²) in [4.78, 5) is 75.8. The molecule has 45 heavy (non-hydrogen) atoms. The van der Waals surface area contributed by atoms with E-state index in [0.717, 1.165) is 0 Å². The van der Waals surface area contributed by atoms with E-state index in [-0.39, 0.29) is 16.7 Å². The van der Waals surface area contributed by atoms with Gasteiger partial charge in [-0.05, 0) is 72.8 Å². The molecule has 12 nitrogen and oxygen atoms in total. The van der Waals surface area contributed by atoms with Crippen LogP contribution in [0, 0.1) is 0 Å². The normalized spacial score (nSPS) is 11.7. The van der Waals surface area contributed by atoms with Crippen molar-refractivity contribution in [3.05, 3.63) is 136 Å². The summed E-state index contributed by atoms with van der Waals surface area (Å²) >= 11 is 5.84. The van der Waals surface area contributed by atoms with Crippen LogP contribution in [-0.2, 0) is 19.1 Å². The van der Waals surface area contributed by atoms with Gasteiger partial charge in [-0.3, -0.25) is 25.2 Å². The van der Waals surface area contributed by atoms with Crippen LogP contribution in [0.2, 0.25) is 5.02 Å². The van der Waals surface area contributed by atoms with Gasteiger partial charge in [-0.1, -0.05) is 48.0 Å². The minimum absolute atomic E-state index is 0.0129. The van der Waals surface area contributed by atoms with Crippen molar-refractivity contribution in [2.45, 2.75) is 12.2 Å². The van der Waals surface area contributed by atoms with Gasteiger partial charge in [0.25, 0.3) is 17.7 Å². The van der Waals surface area contributed by atoms with Crippen molar-refractivity contribution < 1.29 is 43.3 Å². The maximum absolute atomic E-state index is 13.1. The quantitative estimate of drug-likeness (QED) is 0.150. The minimum atomic E-state index is -2.29. The number of esters is 2. The number of rotatable bonds is 10. The van der Waals surface area contributed by atoms with Gasteiger partial charge in [0.05, 0.1) is 11.1 Å². The van der Waals surface area contributed by atoms with E-state index in [2.05, 4.69) is 10.7 Å². The van der Waals surface area contributed by atoms with Crippen molar-refractivity contribution in [1.82, 2.24) is 10.9 Å². The first-order valence-electron chi connectivity index (χ1n) is 13.1. The molecule has 0 aromatic heterocycles. The number of amides is 3. The predicted octanol–water partition coefficient (Wildman–Crippen LogP) is 3.89. The number of anilines is 1. The summed E-state index contributed by atoms with van der Waals surface area (Å²) in [5.41, 5.74) is 4.85. The van der Waals surface area contributed by atoms with E-state index in [1.165, 1.54) is 72.8 Å². The highest BCUT2D eigenvalue weighted by molar-refractivity contribution is 6.30. The molecular formula is C32H24ClN3O9. The lowest BCUT2D eigenvalue weighted by atomic mass is 10.1. The largest absolute Gasteiger partial charge is 0.478 e. The molecule has 3 amide bonds. The fourth-order valence-corrected chi connectivity index (χ4v) is 3.91. The van der Waals surface area contributed by atoms with Crippen molar-refractivity contribution in [3.63, 3.8) is 0 Å². The molecule has 228 valence electrons. The standard InChI is InChI=1S/C32H24ClN3O9/c33-23-15-11-19(12-16-23)27(37)34-24-17-13-20(14-18-24)28(38)35-36-29(39)25(44-31(42)21-7-3-1-4-8-21)26(30(40)41)45-32(43)22-9-5-2-6-10-22/h1-18,25-26H,(H,34,37)(H,35,38)(H,36,39)(H,40,41)/t25-,26-/m0/s1. The van der Waals surface area contributed by atoms with E-state index in [0.29, 0.717) is 16.3 Å². The Hall–Kier alpha value is -6.01. The van der Waals surface area contributed by atoms with Crippen LogP contribution in [0.25, 0.3) is 0 Å². The van der Waals surface area contributed by atoms with Crippen LogP contribution in [-0.4, -0.2) is 52.9 Å². The van der Waals surface area contributed by atoms with E-state index in [9.17, 15) is 33.9 Å². The molecule has 4 aromatic rings. The van der Waals surface area contributed by atoms with Crippen LogP contribution in [0.15, 0.2) is 109 Å². The zero-order valence-electron chi connectivity index (χ0n) is 23.1. The zero-order chi connectivity index (χ0) is 32.3. The summed E-state index contributed by atoms with van der Waals surface area (Å²) in [6.45, 7) is 0.